The molecule has 1 aromatic heterocycles. The van der Waals surface area contributed by atoms with E-state index in [2.05, 4.69) is 41.6 Å². The molecule has 0 aliphatic carbocycles. The summed E-state index contributed by atoms with van der Waals surface area (Å²) in [5.41, 5.74) is 1.30. The Morgan fingerprint density at radius 1 is 1.25 bits per heavy atom. The van der Waals surface area contributed by atoms with Crippen LogP contribution in [0, 0.1) is 0 Å². The highest BCUT2D eigenvalue weighted by atomic mass is 15.3. The minimum absolute atomic E-state index is 0.330. The van der Waals surface area contributed by atoms with Crippen molar-refractivity contribution in [2.45, 2.75) is 19.4 Å². The maximum Gasteiger partial charge on any atom is 0.148 e. The maximum atomic E-state index is 4.33. The first-order valence-electron chi connectivity index (χ1n) is 5.60. The molecule has 1 aromatic carbocycles. The summed E-state index contributed by atoms with van der Waals surface area (Å²) in [6.07, 6.45) is 2.99. The lowest BCUT2D eigenvalue weighted by molar-refractivity contribution is 0.724. The number of aromatic nitrogens is 2. The molecule has 3 heteroatoms. The van der Waals surface area contributed by atoms with Crippen LogP contribution in [-0.2, 0) is 7.05 Å². The van der Waals surface area contributed by atoms with Crippen LogP contribution in [0.15, 0.2) is 42.6 Å². The Hall–Kier alpha value is -1.77. The molecule has 16 heavy (non-hydrogen) atoms. The van der Waals surface area contributed by atoms with Crippen LogP contribution < -0.4 is 5.32 Å². The summed E-state index contributed by atoms with van der Waals surface area (Å²) in [5, 5.41) is 7.76. The van der Waals surface area contributed by atoms with E-state index in [1.807, 2.05) is 25.4 Å². The summed E-state index contributed by atoms with van der Waals surface area (Å²) in [5.74, 6) is 0.929. The van der Waals surface area contributed by atoms with E-state index in [-0.39, 0.29) is 0 Å². The summed E-state index contributed by atoms with van der Waals surface area (Å²) >= 11 is 0. The molecule has 0 amide bonds. The summed E-state index contributed by atoms with van der Waals surface area (Å²) < 4.78 is 1.81. The van der Waals surface area contributed by atoms with Gasteiger partial charge in [-0.3, -0.25) is 4.68 Å². The zero-order valence-corrected chi connectivity index (χ0v) is 9.72. The second-order valence-corrected chi connectivity index (χ2v) is 3.89. The predicted octanol–water partition coefficient (Wildman–Crippen LogP) is 2.98. The topological polar surface area (TPSA) is 29.9 Å². The second kappa shape index (κ2) is 4.84. The van der Waals surface area contributed by atoms with Gasteiger partial charge in [0.05, 0.1) is 6.04 Å². The fraction of sp³-hybridized carbons (Fsp3) is 0.308. The largest absolute Gasteiger partial charge is 0.362 e. The van der Waals surface area contributed by atoms with Gasteiger partial charge in [0.25, 0.3) is 0 Å². The van der Waals surface area contributed by atoms with Gasteiger partial charge in [-0.15, -0.1) is 0 Å². The van der Waals surface area contributed by atoms with E-state index in [1.165, 1.54) is 5.56 Å². The first-order valence-corrected chi connectivity index (χ1v) is 5.60. The van der Waals surface area contributed by atoms with Gasteiger partial charge in [0, 0.05) is 19.3 Å². The van der Waals surface area contributed by atoms with Gasteiger partial charge in [-0.2, -0.15) is 5.10 Å². The number of aryl methyl sites for hydroxylation is 1. The summed E-state index contributed by atoms with van der Waals surface area (Å²) in [6.45, 7) is 2.17. The third-order valence-electron chi connectivity index (χ3n) is 2.65. The number of nitrogens with zero attached hydrogens (tertiary/aromatic N) is 2. The van der Waals surface area contributed by atoms with Crippen molar-refractivity contribution in [3.8, 4) is 0 Å². The SMILES string of the molecule is CCC(Nc1ccn(C)n1)c1ccccc1. The molecule has 0 aliphatic rings. The van der Waals surface area contributed by atoms with E-state index in [0.717, 1.165) is 12.2 Å². The molecule has 2 aromatic rings. The average Bonchev–Trinajstić information content (AvgIpc) is 2.73. The van der Waals surface area contributed by atoms with Crippen molar-refractivity contribution in [1.29, 1.82) is 0 Å². The van der Waals surface area contributed by atoms with Gasteiger partial charge in [0.15, 0.2) is 0 Å². The Morgan fingerprint density at radius 2 is 2.00 bits per heavy atom. The average molecular weight is 215 g/mol. The van der Waals surface area contributed by atoms with Crippen molar-refractivity contribution < 1.29 is 0 Å². The Morgan fingerprint density at radius 3 is 2.56 bits per heavy atom. The van der Waals surface area contributed by atoms with Crippen LogP contribution >= 0.6 is 0 Å². The lowest BCUT2D eigenvalue weighted by atomic mass is 10.1. The van der Waals surface area contributed by atoms with Gasteiger partial charge >= 0.3 is 0 Å². The number of anilines is 1. The molecule has 3 nitrogen and oxygen atoms in total. The van der Waals surface area contributed by atoms with E-state index >= 15 is 0 Å². The highest BCUT2D eigenvalue weighted by Crippen LogP contribution is 2.20. The van der Waals surface area contributed by atoms with Gasteiger partial charge in [0.2, 0.25) is 0 Å². The van der Waals surface area contributed by atoms with Crippen LogP contribution in [0.1, 0.15) is 24.9 Å². The number of rotatable bonds is 4. The molecule has 0 fully saturated rings. The van der Waals surface area contributed by atoms with Crippen molar-refractivity contribution in [2.24, 2.45) is 7.05 Å². The molecular weight excluding hydrogens is 198 g/mol. The minimum atomic E-state index is 0.330. The van der Waals surface area contributed by atoms with Crippen molar-refractivity contribution in [3.05, 3.63) is 48.2 Å². The smallest absolute Gasteiger partial charge is 0.148 e. The van der Waals surface area contributed by atoms with Crippen LogP contribution in [0.25, 0.3) is 0 Å². The summed E-state index contributed by atoms with van der Waals surface area (Å²) in [6, 6.07) is 12.8. The van der Waals surface area contributed by atoms with Crippen LogP contribution in [0.3, 0.4) is 0 Å². The Bertz CT molecular complexity index is 433. The van der Waals surface area contributed by atoms with E-state index in [9.17, 15) is 0 Å². The minimum Gasteiger partial charge on any atom is -0.362 e. The number of hydrogen-bond donors (Lipinski definition) is 1. The monoisotopic (exact) mass is 215 g/mol. The van der Waals surface area contributed by atoms with Gasteiger partial charge in [-0.1, -0.05) is 37.3 Å². The van der Waals surface area contributed by atoms with E-state index < -0.39 is 0 Å². The zero-order chi connectivity index (χ0) is 11.4. The Labute approximate surface area is 96.1 Å². The quantitative estimate of drug-likeness (QED) is 0.849. The van der Waals surface area contributed by atoms with E-state index in [1.54, 1.807) is 4.68 Å². The van der Waals surface area contributed by atoms with Crippen LogP contribution in [0.2, 0.25) is 0 Å². The maximum absolute atomic E-state index is 4.33. The first-order chi connectivity index (χ1) is 7.79. The Balaban J connectivity index is 2.12. The molecule has 2 rings (SSSR count). The number of nitrogens with one attached hydrogen (secondary N) is 1. The van der Waals surface area contributed by atoms with Gasteiger partial charge in [0.1, 0.15) is 5.82 Å². The highest BCUT2D eigenvalue weighted by Gasteiger charge is 2.09. The van der Waals surface area contributed by atoms with Crippen LogP contribution in [0.5, 0.6) is 0 Å². The normalized spacial score (nSPS) is 12.4. The lowest BCUT2D eigenvalue weighted by Gasteiger charge is -2.16. The van der Waals surface area contributed by atoms with E-state index in [4.69, 9.17) is 0 Å². The van der Waals surface area contributed by atoms with Crippen molar-refractivity contribution in [2.75, 3.05) is 5.32 Å². The molecule has 1 unspecified atom stereocenters. The molecule has 0 spiro atoms. The Kier molecular flexibility index (Phi) is 3.25. The van der Waals surface area contributed by atoms with Crippen molar-refractivity contribution in [1.82, 2.24) is 9.78 Å². The molecule has 1 atom stereocenters. The molecular formula is C13H17N3. The summed E-state index contributed by atoms with van der Waals surface area (Å²) in [4.78, 5) is 0. The second-order valence-electron chi connectivity index (χ2n) is 3.89. The number of benzene rings is 1. The molecule has 1 heterocycles. The fourth-order valence-electron chi connectivity index (χ4n) is 1.78. The molecule has 0 saturated carbocycles. The predicted molar refractivity (Wildman–Crippen MR) is 66.3 cm³/mol. The van der Waals surface area contributed by atoms with Crippen molar-refractivity contribution >= 4 is 5.82 Å². The summed E-state index contributed by atoms with van der Waals surface area (Å²) in [7, 11) is 1.93. The third-order valence-corrected chi connectivity index (χ3v) is 2.65. The zero-order valence-electron chi connectivity index (χ0n) is 9.72. The standard InChI is InChI=1S/C13H17N3/c1-3-12(11-7-5-4-6-8-11)14-13-9-10-16(2)15-13/h4-10,12H,3H2,1-2H3,(H,14,15). The number of hydrogen-bond acceptors (Lipinski definition) is 2. The molecule has 0 bridgehead atoms. The highest BCUT2D eigenvalue weighted by molar-refractivity contribution is 5.37. The van der Waals surface area contributed by atoms with E-state index in [0.29, 0.717) is 6.04 Å². The van der Waals surface area contributed by atoms with Gasteiger partial charge in [-0.25, -0.2) is 0 Å². The lowest BCUT2D eigenvalue weighted by Crippen LogP contribution is -2.10. The van der Waals surface area contributed by atoms with Crippen molar-refractivity contribution in [3.63, 3.8) is 0 Å². The fourth-order valence-corrected chi connectivity index (χ4v) is 1.78. The molecule has 0 aliphatic heterocycles. The first kappa shape index (κ1) is 10.7. The van der Waals surface area contributed by atoms with Gasteiger partial charge < -0.3 is 5.32 Å². The van der Waals surface area contributed by atoms with Crippen LogP contribution in [0.4, 0.5) is 5.82 Å². The molecule has 84 valence electrons. The third kappa shape index (κ3) is 2.42. The molecule has 0 saturated heterocycles. The molecule has 0 radical (unpaired) electrons. The van der Waals surface area contributed by atoms with Gasteiger partial charge in [-0.05, 0) is 12.0 Å². The molecule has 1 N–H and O–H groups in total. The van der Waals surface area contributed by atoms with Crippen LogP contribution in [-0.4, -0.2) is 9.78 Å².